The summed E-state index contributed by atoms with van der Waals surface area (Å²) in [5.74, 6) is 0.540. The van der Waals surface area contributed by atoms with E-state index < -0.39 is 0 Å². The highest BCUT2D eigenvalue weighted by molar-refractivity contribution is 6.35. The number of likely N-dealkylation sites (tertiary alicyclic amines) is 1. The second kappa shape index (κ2) is 11.4. The van der Waals surface area contributed by atoms with Crippen molar-refractivity contribution in [3.05, 3.63) is 57.0 Å². The minimum atomic E-state index is -0.0480. The summed E-state index contributed by atoms with van der Waals surface area (Å²) in [7, 11) is 0. The number of piperidine rings is 2. The number of anilines is 2. The van der Waals surface area contributed by atoms with E-state index in [1.165, 1.54) is 0 Å². The SMILES string of the molecule is CC(Nc1cc(N2CCC(C(=O)N3CCCC(CO)C3)CC2)ccc1Cl)c1ccc(Cl)cc1Cl. The van der Waals surface area contributed by atoms with Crippen molar-refractivity contribution in [1.82, 2.24) is 4.90 Å². The first kappa shape index (κ1) is 25.4. The first-order valence-corrected chi connectivity index (χ1v) is 13.1. The van der Waals surface area contributed by atoms with Gasteiger partial charge in [0.15, 0.2) is 0 Å². The monoisotopic (exact) mass is 523 g/mol. The van der Waals surface area contributed by atoms with Gasteiger partial charge in [-0.25, -0.2) is 0 Å². The van der Waals surface area contributed by atoms with Gasteiger partial charge in [-0.15, -0.1) is 0 Å². The molecule has 5 nitrogen and oxygen atoms in total. The Morgan fingerprint density at radius 1 is 1.06 bits per heavy atom. The van der Waals surface area contributed by atoms with E-state index in [0.717, 1.165) is 62.3 Å². The highest BCUT2D eigenvalue weighted by atomic mass is 35.5. The van der Waals surface area contributed by atoms with Crippen LogP contribution in [0.1, 0.15) is 44.2 Å². The van der Waals surface area contributed by atoms with Gasteiger partial charge in [0.05, 0.1) is 16.8 Å². The van der Waals surface area contributed by atoms with Gasteiger partial charge in [0, 0.05) is 54.4 Å². The van der Waals surface area contributed by atoms with Crippen molar-refractivity contribution in [2.75, 3.05) is 43.0 Å². The van der Waals surface area contributed by atoms with Crippen LogP contribution in [0, 0.1) is 11.8 Å². The summed E-state index contributed by atoms with van der Waals surface area (Å²) in [6.07, 6.45) is 3.66. The van der Waals surface area contributed by atoms with E-state index in [9.17, 15) is 9.90 Å². The average molecular weight is 525 g/mol. The van der Waals surface area contributed by atoms with E-state index >= 15 is 0 Å². The van der Waals surface area contributed by atoms with Crippen LogP contribution in [0.3, 0.4) is 0 Å². The molecular formula is C26H32Cl3N3O2. The van der Waals surface area contributed by atoms with Gasteiger partial charge in [0.1, 0.15) is 0 Å². The molecule has 2 aliphatic rings. The second-order valence-electron chi connectivity index (χ2n) is 9.43. The number of nitrogens with zero attached hydrogens (tertiary/aromatic N) is 2. The van der Waals surface area contributed by atoms with Gasteiger partial charge in [-0.05, 0) is 74.4 Å². The summed E-state index contributed by atoms with van der Waals surface area (Å²) in [6, 6.07) is 11.5. The number of aliphatic hydroxyl groups is 1. The maximum absolute atomic E-state index is 13.0. The second-order valence-corrected chi connectivity index (χ2v) is 10.7. The Labute approximate surface area is 217 Å². The van der Waals surface area contributed by atoms with Crippen LogP contribution in [0.5, 0.6) is 0 Å². The van der Waals surface area contributed by atoms with Crippen molar-refractivity contribution in [3.8, 4) is 0 Å². The molecule has 2 fully saturated rings. The third-order valence-electron chi connectivity index (χ3n) is 7.05. The highest BCUT2D eigenvalue weighted by Gasteiger charge is 2.31. The van der Waals surface area contributed by atoms with Crippen molar-refractivity contribution in [2.45, 2.75) is 38.6 Å². The predicted octanol–water partition coefficient (Wildman–Crippen LogP) is 6.27. The van der Waals surface area contributed by atoms with Gasteiger partial charge in [0.2, 0.25) is 5.91 Å². The van der Waals surface area contributed by atoms with Gasteiger partial charge in [-0.1, -0.05) is 40.9 Å². The number of carbonyl (C=O) groups is 1. The van der Waals surface area contributed by atoms with E-state index in [0.29, 0.717) is 21.6 Å². The fraction of sp³-hybridized carbons (Fsp3) is 0.500. The maximum Gasteiger partial charge on any atom is 0.225 e. The van der Waals surface area contributed by atoms with Gasteiger partial charge in [-0.3, -0.25) is 4.79 Å². The number of nitrogens with one attached hydrogen (secondary N) is 1. The number of aliphatic hydroxyl groups excluding tert-OH is 1. The molecule has 2 unspecified atom stereocenters. The van der Waals surface area contributed by atoms with Gasteiger partial charge in [-0.2, -0.15) is 0 Å². The Morgan fingerprint density at radius 3 is 2.53 bits per heavy atom. The zero-order chi connectivity index (χ0) is 24.2. The van der Waals surface area contributed by atoms with Crippen molar-refractivity contribution in [2.24, 2.45) is 11.8 Å². The topological polar surface area (TPSA) is 55.8 Å². The number of halogens is 3. The van der Waals surface area contributed by atoms with Gasteiger partial charge >= 0.3 is 0 Å². The Balaban J connectivity index is 1.38. The quantitative estimate of drug-likeness (QED) is 0.468. The zero-order valence-corrected chi connectivity index (χ0v) is 21.7. The summed E-state index contributed by atoms with van der Waals surface area (Å²) in [4.78, 5) is 17.3. The molecule has 2 N–H and O–H groups in total. The molecule has 1 amide bonds. The molecule has 0 radical (unpaired) electrons. The smallest absolute Gasteiger partial charge is 0.225 e. The molecule has 2 aromatic rings. The minimum absolute atomic E-state index is 0.0480. The van der Waals surface area contributed by atoms with Crippen molar-refractivity contribution < 1.29 is 9.90 Å². The molecule has 0 aromatic heterocycles. The van der Waals surface area contributed by atoms with E-state index in [-0.39, 0.29) is 30.4 Å². The molecular weight excluding hydrogens is 493 g/mol. The van der Waals surface area contributed by atoms with Crippen LogP contribution in [-0.2, 0) is 4.79 Å². The molecule has 0 bridgehead atoms. The summed E-state index contributed by atoms with van der Waals surface area (Å²) < 4.78 is 0. The lowest BCUT2D eigenvalue weighted by Gasteiger charge is -2.38. The van der Waals surface area contributed by atoms with Crippen LogP contribution in [0.4, 0.5) is 11.4 Å². The van der Waals surface area contributed by atoms with Gasteiger partial charge in [0.25, 0.3) is 0 Å². The third kappa shape index (κ3) is 5.93. The Hall–Kier alpha value is -1.66. The fourth-order valence-electron chi connectivity index (χ4n) is 5.04. The molecule has 0 saturated carbocycles. The number of amides is 1. The summed E-state index contributed by atoms with van der Waals surface area (Å²) in [5.41, 5.74) is 2.89. The molecule has 2 atom stereocenters. The zero-order valence-electron chi connectivity index (χ0n) is 19.4. The normalized spacial score (nSPS) is 20.3. The fourth-order valence-corrected chi connectivity index (χ4v) is 5.79. The minimum Gasteiger partial charge on any atom is -0.396 e. The molecule has 8 heteroatoms. The number of carbonyl (C=O) groups excluding carboxylic acids is 1. The van der Waals surface area contributed by atoms with Crippen molar-refractivity contribution in [3.63, 3.8) is 0 Å². The molecule has 2 saturated heterocycles. The van der Waals surface area contributed by atoms with Crippen LogP contribution in [0.15, 0.2) is 36.4 Å². The highest BCUT2D eigenvalue weighted by Crippen LogP contribution is 2.34. The number of hydrogen-bond acceptors (Lipinski definition) is 4. The standard InChI is InChI=1S/C26H32Cl3N3O2/c1-17(22-6-4-20(27)13-24(22)29)30-25-14-21(5-7-23(25)28)31-11-8-19(9-12-31)26(34)32-10-2-3-18(15-32)16-33/h4-7,13-14,17-19,30,33H,2-3,8-12,15-16H2,1H3. The molecule has 0 spiro atoms. The average Bonchev–Trinajstić information content (AvgIpc) is 2.85. The molecule has 2 aliphatic heterocycles. The van der Waals surface area contributed by atoms with Crippen LogP contribution < -0.4 is 10.2 Å². The molecule has 184 valence electrons. The Bertz CT molecular complexity index is 1010. The summed E-state index contributed by atoms with van der Waals surface area (Å²) in [6.45, 7) is 5.37. The summed E-state index contributed by atoms with van der Waals surface area (Å²) >= 11 is 18.9. The van der Waals surface area contributed by atoms with Crippen molar-refractivity contribution in [1.29, 1.82) is 0 Å². The summed E-state index contributed by atoms with van der Waals surface area (Å²) in [5, 5.41) is 14.8. The van der Waals surface area contributed by atoms with Crippen LogP contribution in [0.2, 0.25) is 15.1 Å². The maximum atomic E-state index is 13.0. The van der Waals surface area contributed by atoms with E-state index in [1.807, 2.05) is 36.1 Å². The number of hydrogen-bond donors (Lipinski definition) is 2. The Morgan fingerprint density at radius 2 is 1.82 bits per heavy atom. The predicted molar refractivity (Wildman–Crippen MR) is 141 cm³/mol. The number of benzene rings is 2. The van der Waals surface area contributed by atoms with Crippen molar-refractivity contribution >= 4 is 52.1 Å². The molecule has 4 rings (SSSR count). The lowest BCUT2D eigenvalue weighted by Crippen LogP contribution is -2.46. The van der Waals surface area contributed by atoms with Crippen LogP contribution in [-0.4, -0.2) is 48.7 Å². The molecule has 2 heterocycles. The number of rotatable bonds is 6. The molecule has 2 aromatic carbocycles. The largest absolute Gasteiger partial charge is 0.396 e. The van der Waals surface area contributed by atoms with Crippen LogP contribution >= 0.6 is 34.8 Å². The van der Waals surface area contributed by atoms with Crippen LogP contribution in [0.25, 0.3) is 0 Å². The third-order valence-corrected chi connectivity index (χ3v) is 7.94. The van der Waals surface area contributed by atoms with E-state index in [2.05, 4.69) is 16.3 Å². The van der Waals surface area contributed by atoms with E-state index in [4.69, 9.17) is 34.8 Å². The molecule has 0 aliphatic carbocycles. The Kier molecular flexibility index (Phi) is 8.52. The van der Waals surface area contributed by atoms with E-state index in [1.54, 1.807) is 6.07 Å². The molecule has 34 heavy (non-hydrogen) atoms. The first-order valence-electron chi connectivity index (χ1n) is 12.0. The van der Waals surface area contributed by atoms with Gasteiger partial charge < -0.3 is 20.2 Å². The first-order chi connectivity index (χ1) is 16.4. The lowest BCUT2D eigenvalue weighted by molar-refractivity contribution is -0.138. The lowest BCUT2D eigenvalue weighted by atomic mass is 9.92.